The van der Waals surface area contributed by atoms with Gasteiger partial charge in [0.1, 0.15) is 27.5 Å². The molecule has 0 saturated heterocycles. The Bertz CT molecular complexity index is 911. The van der Waals surface area contributed by atoms with Crippen LogP contribution in [0.3, 0.4) is 0 Å². The molecule has 0 aliphatic carbocycles. The number of anilines is 1. The van der Waals surface area contributed by atoms with Crippen molar-refractivity contribution in [3.8, 4) is 17.2 Å². The minimum Gasteiger partial charge on any atom is -0.496 e. The van der Waals surface area contributed by atoms with Crippen LogP contribution in [0.25, 0.3) is 10.2 Å². The Hall–Kier alpha value is -2.80. The van der Waals surface area contributed by atoms with E-state index in [-0.39, 0.29) is 12.3 Å². The van der Waals surface area contributed by atoms with E-state index in [1.165, 1.54) is 11.3 Å². The Labute approximate surface area is 155 Å². The highest BCUT2D eigenvalue weighted by atomic mass is 32.1. The van der Waals surface area contributed by atoms with Gasteiger partial charge in [-0.05, 0) is 36.2 Å². The average Bonchev–Trinajstić information content (AvgIpc) is 3.04. The normalized spacial score (nSPS) is 10.6. The Balaban J connectivity index is 1.80. The van der Waals surface area contributed by atoms with Crippen molar-refractivity contribution >= 4 is 32.6 Å². The molecule has 136 valence electrons. The molecule has 0 aliphatic rings. The lowest BCUT2D eigenvalue weighted by Crippen LogP contribution is -2.14. The van der Waals surface area contributed by atoms with Crippen molar-refractivity contribution < 1.29 is 19.0 Å². The van der Waals surface area contributed by atoms with Crippen LogP contribution in [0.1, 0.15) is 11.1 Å². The first-order valence-corrected chi connectivity index (χ1v) is 8.82. The van der Waals surface area contributed by atoms with E-state index < -0.39 is 0 Å². The zero-order chi connectivity index (χ0) is 18.7. The summed E-state index contributed by atoms with van der Waals surface area (Å²) >= 11 is 1.36. The number of benzene rings is 2. The second kappa shape index (κ2) is 7.61. The van der Waals surface area contributed by atoms with E-state index in [0.717, 1.165) is 21.6 Å². The van der Waals surface area contributed by atoms with Crippen LogP contribution >= 0.6 is 11.3 Å². The minimum atomic E-state index is -0.133. The lowest BCUT2D eigenvalue weighted by molar-refractivity contribution is -0.115. The molecule has 0 bridgehead atoms. The highest BCUT2D eigenvalue weighted by Crippen LogP contribution is 2.38. The number of aryl methyl sites for hydroxylation is 1. The monoisotopic (exact) mass is 372 g/mol. The number of nitrogens with zero attached hydrogens (tertiary/aromatic N) is 1. The lowest BCUT2D eigenvalue weighted by Gasteiger charge is -2.07. The number of methoxy groups -OCH3 is 3. The van der Waals surface area contributed by atoms with Crippen molar-refractivity contribution in [2.45, 2.75) is 13.3 Å². The molecule has 0 fully saturated rings. The number of rotatable bonds is 6. The fraction of sp³-hybridized carbons (Fsp3) is 0.263. The molecule has 3 rings (SSSR count). The second-order valence-electron chi connectivity index (χ2n) is 5.70. The summed E-state index contributed by atoms with van der Waals surface area (Å²) in [5.41, 5.74) is 2.58. The molecule has 6 nitrogen and oxygen atoms in total. The number of hydrogen-bond donors (Lipinski definition) is 1. The van der Waals surface area contributed by atoms with Gasteiger partial charge in [0, 0.05) is 0 Å². The van der Waals surface area contributed by atoms with E-state index >= 15 is 0 Å². The molecular weight excluding hydrogens is 352 g/mol. The first-order chi connectivity index (χ1) is 12.5. The highest BCUT2D eigenvalue weighted by Gasteiger charge is 2.15. The summed E-state index contributed by atoms with van der Waals surface area (Å²) in [6.07, 6.45) is 0.259. The van der Waals surface area contributed by atoms with Gasteiger partial charge in [-0.2, -0.15) is 0 Å². The molecule has 0 radical (unpaired) electrons. The fourth-order valence-electron chi connectivity index (χ4n) is 2.74. The third-order valence-electron chi connectivity index (χ3n) is 3.98. The van der Waals surface area contributed by atoms with Gasteiger partial charge < -0.3 is 19.5 Å². The van der Waals surface area contributed by atoms with E-state index in [4.69, 9.17) is 14.2 Å². The molecular formula is C19H20N2O4S. The summed E-state index contributed by atoms with van der Waals surface area (Å²) in [5, 5.41) is 3.37. The minimum absolute atomic E-state index is 0.133. The standard InChI is InChI=1S/C19H20N2O4S/c1-11-9-12(5-6-13(11)23-2)10-16(22)20-19-21-17-14(24-3)7-8-15(25-4)18(17)26-19/h5-9H,10H2,1-4H3,(H,20,21,22). The van der Waals surface area contributed by atoms with Crippen LogP contribution in [0.5, 0.6) is 17.2 Å². The number of carbonyl (C=O) groups is 1. The van der Waals surface area contributed by atoms with Crippen LogP contribution in [0.4, 0.5) is 5.13 Å². The van der Waals surface area contributed by atoms with Crippen LogP contribution in [0.15, 0.2) is 30.3 Å². The molecule has 1 amide bonds. The number of aromatic nitrogens is 1. The fourth-order valence-corrected chi connectivity index (χ4v) is 3.73. The van der Waals surface area contributed by atoms with Crippen LogP contribution in [-0.2, 0) is 11.2 Å². The molecule has 3 aromatic rings. The number of amides is 1. The predicted octanol–water partition coefficient (Wildman–Crippen LogP) is 3.81. The van der Waals surface area contributed by atoms with Gasteiger partial charge >= 0.3 is 0 Å². The molecule has 0 unspecified atom stereocenters. The average molecular weight is 372 g/mol. The topological polar surface area (TPSA) is 69.7 Å². The number of carbonyl (C=O) groups excluding carboxylic acids is 1. The maximum absolute atomic E-state index is 12.4. The van der Waals surface area contributed by atoms with Crippen molar-refractivity contribution in [2.24, 2.45) is 0 Å². The van der Waals surface area contributed by atoms with E-state index in [1.807, 2.05) is 31.2 Å². The highest BCUT2D eigenvalue weighted by molar-refractivity contribution is 7.22. The zero-order valence-electron chi connectivity index (χ0n) is 15.1. The molecule has 0 spiro atoms. The molecule has 7 heteroatoms. The quantitative estimate of drug-likeness (QED) is 0.712. The Morgan fingerprint density at radius 3 is 2.35 bits per heavy atom. The lowest BCUT2D eigenvalue weighted by atomic mass is 10.1. The number of fused-ring (bicyclic) bond motifs is 1. The largest absolute Gasteiger partial charge is 0.496 e. The molecule has 2 aromatic carbocycles. The second-order valence-corrected chi connectivity index (χ2v) is 6.69. The summed E-state index contributed by atoms with van der Waals surface area (Å²) in [4.78, 5) is 16.9. The number of thiazole rings is 1. The number of nitrogens with one attached hydrogen (secondary N) is 1. The Morgan fingerprint density at radius 2 is 1.69 bits per heavy atom. The SMILES string of the molecule is COc1ccc(CC(=O)Nc2nc3c(OC)ccc(OC)c3s2)cc1C. The summed E-state index contributed by atoms with van der Waals surface area (Å²) in [7, 11) is 4.82. The van der Waals surface area contributed by atoms with Gasteiger partial charge in [0.05, 0.1) is 27.8 Å². The predicted molar refractivity (Wildman–Crippen MR) is 103 cm³/mol. The van der Waals surface area contributed by atoms with Gasteiger partial charge in [0.2, 0.25) is 5.91 Å². The first-order valence-electron chi connectivity index (χ1n) is 8.00. The molecule has 1 N–H and O–H groups in total. The summed E-state index contributed by atoms with van der Waals surface area (Å²) in [6, 6.07) is 9.32. The van der Waals surface area contributed by atoms with Crippen LogP contribution < -0.4 is 19.5 Å². The van der Waals surface area contributed by atoms with Gasteiger partial charge in [0.15, 0.2) is 5.13 Å². The smallest absolute Gasteiger partial charge is 0.230 e. The summed E-state index contributed by atoms with van der Waals surface area (Å²) < 4.78 is 16.8. The zero-order valence-corrected chi connectivity index (χ0v) is 15.9. The van der Waals surface area contributed by atoms with Crippen molar-refractivity contribution in [2.75, 3.05) is 26.6 Å². The molecule has 0 aliphatic heterocycles. The van der Waals surface area contributed by atoms with E-state index in [2.05, 4.69) is 10.3 Å². The molecule has 1 heterocycles. The molecule has 0 saturated carbocycles. The van der Waals surface area contributed by atoms with Crippen LogP contribution in [0.2, 0.25) is 0 Å². The first kappa shape index (κ1) is 18.0. The molecule has 0 atom stereocenters. The van der Waals surface area contributed by atoms with Gasteiger partial charge in [-0.25, -0.2) is 4.98 Å². The van der Waals surface area contributed by atoms with Gasteiger partial charge in [0.25, 0.3) is 0 Å². The van der Waals surface area contributed by atoms with E-state index in [1.54, 1.807) is 27.4 Å². The maximum atomic E-state index is 12.4. The van der Waals surface area contributed by atoms with Gasteiger partial charge in [-0.1, -0.05) is 23.5 Å². The van der Waals surface area contributed by atoms with E-state index in [9.17, 15) is 4.79 Å². The third-order valence-corrected chi connectivity index (χ3v) is 4.97. The third kappa shape index (κ3) is 3.57. The molecule has 1 aromatic heterocycles. The van der Waals surface area contributed by atoms with Crippen molar-refractivity contribution in [1.82, 2.24) is 4.98 Å². The van der Waals surface area contributed by atoms with Crippen LogP contribution in [0, 0.1) is 6.92 Å². The van der Waals surface area contributed by atoms with Crippen molar-refractivity contribution in [1.29, 1.82) is 0 Å². The van der Waals surface area contributed by atoms with E-state index in [0.29, 0.717) is 22.1 Å². The number of ether oxygens (including phenoxy) is 3. The maximum Gasteiger partial charge on any atom is 0.230 e. The van der Waals surface area contributed by atoms with Crippen LogP contribution in [-0.4, -0.2) is 32.2 Å². The Kier molecular flexibility index (Phi) is 5.27. The van der Waals surface area contributed by atoms with Crippen molar-refractivity contribution in [3.63, 3.8) is 0 Å². The molecule has 26 heavy (non-hydrogen) atoms. The van der Waals surface area contributed by atoms with Gasteiger partial charge in [-0.3, -0.25) is 4.79 Å². The summed E-state index contributed by atoms with van der Waals surface area (Å²) in [6.45, 7) is 1.95. The Morgan fingerprint density at radius 1 is 1.04 bits per heavy atom. The summed E-state index contributed by atoms with van der Waals surface area (Å²) in [5.74, 6) is 2.01. The number of hydrogen-bond acceptors (Lipinski definition) is 6. The van der Waals surface area contributed by atoms with Gasteiger partial charge in [-0.15, -0.1) is 0 Å². The van der Waals surface area contributed by atoms with Crippen molar-refractivity contribution in [3.05, 3.63) is 41.5 Å².